The summed E-state index contributed by atoms with van der Waals surface area (Å²) in [6.45, 7) is 0. The first-order valence-electron chi connectivity index (χ1n) is 8.89. The lowest BCUT2D eigenvalue weighted by Gasteiger charge is -2.26. The van der Waals surface area contributed by atoms with E-state index in [1.165, 1.54) is 44.9 Å². The third-order valence-electron chi connectivity index (χ3n) is 3.97. The van der Waals surface area contributed by atoms with Gasteiger partial charge in [0, 0.05) is 34.6 Å². The Morgan fingerprint density at radius 3 is 1.52 bits per heavy atom. The van der Waals surface area contributed by atoms with Crippen LogP contribution in [0.5, 0.6) is 0 Å². The molecule has 0 aliphatic heterocycles. The van der Waals surface area contributed by atoms with Crippen LogP contribution in [0.2, 0.25) is 0 Å². The van der Waals surface area contributed by atoms with Crippen molar-refractivity contribution in [1.29, 1.82) is 10.5 Å². The molecule has 0 aromatic carbocycles. The fraction of sp³-hybridized carbons (Fsp3) is 0.789. The van der Waals surface area contributed by atoms with Crippen molar-refractivity contribution in [2.75, 3.05) is 28.2 Å². The van der Waals surface area contributed by atoms with Crippen LogP contribution in [-0.4, -0.2) is 38.0 Å². The van der Waals surface area contributed by atoms with Crippen LogP contribution in [0.4, 0.5) is 0 Å². The zero-order chi connectivity index (χ0) is 17.5. The highest BCUT2D eigenvalue weighted by Gasteiger charge is 2.10. The maximum Gasteiger partial charge on any atom is 0.117 e. The summed E-state index contributed by atoms with van der Waals surface area (Å²) < 4.78 is 0. The van der Waals surface area contributed by atoms with Gasteiger partial charge in [-0.15, -0.1) is 0 Å². The van der Waals surface area contributed by atoms with Crippen molar-refractivity contribution in [2.24, 2.45) is 0 Å². The number of hydrogen-bond acceptors (Lipinski definition) is 4. The summed E-state index contributed by atoms with van der Waals surface area (Å²) in [7, 11) is 7.96. The number of hydrogen-bond donors (Lipinski definition) is 0. The smallest absolute Gasteiger partial charge is 0.117 e. The van der Waals surface area contributed by atoms with Crippen molar-refractivity contribution in [1.82, 2.24) is 9.80 Å². The Morgan fingerprint density at radius 1 is 0.696 bits per heavy atom. The van der Waals surface area contributed by atoms with Gasteiger partial charge < -0.3 is 9.80 Å². The summed E-state index contributed by atoms with van der Waals surface area (Å²) in [6.07, 6.45) is 12.5. The Morgan fingerprint density at radius 2 is 1.13 bits per heavy atom. The molecule has 0 aliphatic rings. The SMILES string of the molecule is CN(C)C(=C(C#N)CCCCCCCCCCCC#N)N(C)C. The summed E-state index contributed by atoms with van der Waals surface area (Å²) in [5, 5.41) is 17.8. The second-order valence-electron chi connectivity index (χ2n) is 6.54. The van der Waals surface area contributed by atoms with E-state index in [4.69, 9.17) is 5.26 Å². The Labute approximate surface area is 143 Å². The number of allylic oxidation sites excluding steroid dienone is 1. The van der Waals surface area contributed by atoms with Crippen molar-refractivity contribution in [3.63, 3.8) is 0 Å². The first kappa shape index (κ1) is 21.3. The van der Waals surface area contributed by atoms with Crippen LogP contribution in [0.15, 0.2) is 11.4 Å². The third-order valence-corrected chi connectivity index (χ3v) is 3.97. The molecule has 0 amide bonds. The second kappa shape index (κ2) is 13.9. The Hall–Kier alpha value is -1.68. The lowest BCUT2D eigenvalue weighted by molar-refractivity contribution is 0.336. The molecule has 23 heavy (non-hydrogen) atoms. The van der Waals surface area contributed by atoms with E-state index < -0.39 is 0 Å². The Kier molecular flexibility index (Phi) is 12.9. The highest BCUT2D eigenvalue weighted by Crippen LogP contribution is 2.17. The van der Waals surface area contributed by atoms with Gasteiger partial charge in [0.25, 0.3) is 0 Å². The molecule has 0 radical (unpaired) electrons. The highest BCUT2D eigenvalue weighted by atomic mass is 15.3. The minimum absolute atomic E-state index is 0.705. The first-order chi connectivity index (χ1) is 11.0. The molecule has 0 atom stereocenters. The van der Waals surface area contributed by atoms with Crippen LogP contribution >= 0.6 is 0 Å². The molecular weight excluding hydrogens is 284 g/mol. The summed E-state index contributed by atoms with van der Waals surface area (Å²) in [6, 6.07) is 4.57. The number of nitriles is 2. The van der Waals surface area contributed by atoms with Crippen LogP contribution in [0.3, 0.4) is 0 Å². The van der Waals surface area contributed by atoms with Crippen LogP contribution in [0.1, 0.15) is 70.6 Å². The minimum atomic E-state index is 0.705. The van der Waals surface area contributed by atoms with Crippen molar-refractivity contribution < 1.29 is 0 Å². The normalized spacial score (nSPS) is 9.83. The van der Waals surface area contributed by atoms with Gasteiger partial charge in [-0.05, 0) is 19.3 Å². The van der Waals surface area contributed by atoms with E-state index in [1.807, 2.05) is 38.0 Å². The predicted molar refractivity (Wildman–Crippen MR) is 96.4 cm³/mol. The molecule has 0 aromatic heterocycles. The summed E-state index contributed by atoms with van der Waals surface area (Å²) in [5.41, 5.74) is 0.887. The van der Waals surface area contributed by atoms with E-state index in [2.05, 4.69) is 12.1 Å². The number of unbranched alkanes of at least 4 members (excludes halogenated alkanes) is 9. The summed E-state index contributed by atoms with van der Waals surface area (Å²) in [5.74, 6) is 1.02. The van der Waals surface area contributed by atoms with Gasteiger partial charge in [-0.2, -0.15) is 10.5 Å². The molecule has 4 nitrogen and oxygen atoms in total. The van der Waals surface area contributed by atoms with E-state index in [0.29, 0.717) is 6.42 Å². The lowest BCUT2D eigenvalue weighted by Crippen LogP contribution is -2.26. The molecule has 0 saturated heterocycles. The molecule has 0 saturated carbocycles. The number of nitrogens with zero attached hydrogens (tertiary/aromatic N) is 4. The van der Waals surface area contributed by atoms with Crippen LogP contribution < -0.4 is 0 Å². The quantitative estimate of drug-likeness (QED) is 0.366. The standard InChI is InChI=1S/C19H34N4/c1-22(2)19(23(3)4)18(17-21)15-13-11-9-7-5-6-8-10-12-14-16-20/h5-15H2,1-4H3. The minimum Gasteiger partial charge on any atom is -0.364 e. The molecule has 0 aliphatic carbocycles. The van der Waals surface area contributed by atoms with Gasteiger partial charge in [-0.25, -0.2) is 0 Å². The fourth-order valence-corrected chi connectivity index (χ4v) is 2.90. The largest absolute Gasteiger partial charge is 0.364 e. The third kappa shape index (κ3) is 10.6. The molecule has 0 fully saturated rings. The molecular formula is C19H34N4. The lowest BCUT2D eigenvalue weighted by atomic mass is 10.0. The van der Waals surface area contributed by atoms with Gasteiger partial charge in [-0.1, -0.05) is 44.9 Å². The maximum atomic E-state index is 9.37. The van der Waals surface area contributed by atoms with E-state index in [9.17, 15) is 5.26 Å². The molecule has 0 spiro atoms. The average Bonchev–Trinajstić information content (AvgIpc) is 2.50. The van der Waals surface area contributed by atoms with Gasteiger partial charge in [0.2, 0.25) is 0 Å². The van der Waals surface area contributed by atoms with Gasteiger partial charge in [0.15, 0.2) is 0 Å². The zero-order valence-corrected chi connectivity index (χ0v) is 15.6. The summed E-state index contributed by atoms with van der Waals surface area (Å²) >= 11 is 0. The van der Waals surface area contributed by atoms with Crippen molar-refractivity contribution in [3.05, 3.63) is 11.4 Å². The molecule has 0 heterocycles. The first-order valence-corrected chi connectivity index (χ1v) is 8.89. The van der Waals surface area contributed by atoms with Crippen molar-refractivity contribution in [2.45, 2.75) is 70.6 Å². The van der Waals surface area contributed by atoms with Crippen LogP contribution in [-0.2, 0) is 0 Å². The van der Waals surface area contributed by atoms with E-state index in [-0.39, 0.29) is 0 Å². The molecule has 0 unspecified atom stereocenters. The number of rotatable bonds is 13. The maximum absolute atomic E-state index is 9.37. The molecule has 0 N–H and O–H groups in total. The van der Waals surface area contributed by atoms with Gasteiger partial charge in [0.05, 0.1) is 17.7 Å². The topological polar surface area (TPSA) is 54.1 Å². The average molecular weight is 319 g/mol. The van der Waals surface area contributed by atoms with Gasteiger partial charge in [-0.3, -0.25) is 0 Å². The molecule has 0 rings (SSSR count). The van der Waals surface area contributed by atoms with Crippen LogP contribution in [0.25, 0.3) is 0 Å². The molecule has 4 heteroatoms. The summed E-state index contributed by atoms with van der Waals surface area (Å²) in [4.78, 5) is 4.04. The molecule has 0 bridgehead atoms. The van der Waals surface area contributed by atoms with Gasteiger partial charge in [0.1, 0.15) is 5.82 Å². The van der Waals surface area contributed by atoms with Gasteiger partial charge >= 0.3 is 0 Å². The van der Waals surface area contributed by atoms with E-state index in [1.54, 1.807) is 0 Å². The molecule has 130 valence electrons. The molecule has 0 aromatic rings. The zero-order valence-electron chi connectivity index (χ0n) is 15.6. The fourth-order valence-electron chi connectivity index (χ4n) is 2.90. The second-order valence-corrected chi connectivity index (χ2v) is 6.54. The predicted octanol–water partition coefficient (Wildman–Crippen LogP) is 4.66. The Bertz CT molecular complexity index is 400. The van der Waals surface area contributed by atoms with E-state index >= 15 is 0 Å². The Balaban J connectivity index is 3.80. The highest BCUT2D eigenvalue weighted by molar-refractivity contribution is 5.25. The van der Waals surface area contributed by atoms with Crippen molar-refractivity contribution >= 4 is 0 Å². The monoisotopic (exact) mass is 318 g/mol. The van der Waals surface area contributed by atoms with E-state index in [0.717, 1.165) is 30.7 Å². The van der Waals surface area contributed by atoms with Crippen molar-refractivity contribution in [3.8, 4) is 12.1 Å². The van der Waals surface area contributed by atoms with Crippen LogP contribution in [0, 0.1) is 22.7 Å².